The number of hydrogen-bond donors (Lipinski definition) is 5. The number of likely N-dealkylation sites (tertiary alicyclic amines) is 5. The number of morpholine rings is 3. The normalized spacial score (nSPS) is 19.4. The predicted octanol–water partition coefficient (Wildman–Crippen LogP) is 14.2. The molecule has 3 spiro atoms. The van der Waals surface area contributed by atoms with Crippen molar-refractivity contribution in [3.05, 3.63) is 145 Å². The Morgan fingerprint density at radius 1 is 0.422 bits per heavy atom. The lowest BCUT2D eigenvalue weighted by atomic mass is 9.78. The number of ether oxygens (including phenoxy) is 3. The molecule has 0 atom stereocenters. The fourth-order valence-electron chi connectivity index (χ4n) is 20.6. The quantitative estimate of drug-likeness (QED) is 0.0593. The van der Waals surface area contributed by atoms with Crippen LogP contribution in [0.15, 0.2) is 141 Å². The molecule has 9 fully saturated rings. The molecular formula is C95H114ClN21O10S. The summed E-state index contributed by atoms with van der Waals surface area (Å²) in [6.07, 6.45) is 24.8. The highest BCUT2D eigenvalue weighted by atomic mass is 35.5. The Hall–Kier alpha value is -10.7. The minimum absolute atomic E-state index is 0. The number of aldehydes is 1. The van der Waals surface area contributed by atoms with E-state index in [0.717, 1.165) is 160 Å². The number of halogens is 1. The molecule has 0 bridgehead atoms. The van der Waals surface area contributed by atoms with E-state index in [4.69, 9.17) is 71.9 Å². The summed E-state index contributed by atoms with van der Waals surface area (Å²) < 4.78 is 61.5. The topological polar surface area (TPSA) is 340 Å². The largest absolute Gasteiger partial charge is 0.432 e. The highest BCUT2D eigenvalue weighted by molar-refractivity contribution is 7.85. The van der Waals surface area contributed by atoms with Gasteiger partial charge in [0.1, 0.15) is 16.6 Å². The average molecular weight is 1780 g/mol. The number of pyridine rings is 3. The maximum Gasteiger partial charge on any atom is 0.261 e. The lowest BCUT2D eigenvalue weighted by Gasteiger charge is -2.39. The van der Waals surface area contributed by atoms with Gasteiger partial charge in [0.25, 0.3) is 10.1 Å². The zero-order valence-electron chi connectivity index (χ0n) is 72.5. The van der Waals surface area contributed by atoms with Crippen LogP contribution in [-0.2, 0) is 37.4 Å². The first-order valence-corrected chi connectivity index (χ1v) is 46.3. The van der Waals surface area contributed by atoms with E-state index < -0.39 is 10.1 Å². The number of piperidine rings is 3. The number of carbonyl (C=O) groups excluding carboxylic acids is 1. The van der Waals surface area contributed by atoms with E-state index in [2.05, 4.69) is 146 Å². The van der Waals surface area contributed by atoms with E-state index in [1.54, 1.807) is 6.07 Å². The van der Waals surface area contributed by atoms with E-state index >= 15 is 0 Å². The smallest absolute Gasteiger partial charge is 0.261 e. The number of hydrogen-bond acceptors (Lipinski definition) is 27. The van der Waals surface area contributed by atoms with E-state index in [1.165, 1.54) is 127 Å². The van der Waals surface area contributed by atoms with Crippen LogP contribution >= 0.6 is 12.4 Å². The maximum atomic E-state index is 11.3. The van der Waals surface area contributed by atoms with Crippen LogP contribution in [0.2, 0.25) is 0 Å². The molecule has 21 heterocycles. The Morgan fingerprint density at radius 3 is 1.07 bits per heavy atom. The van der Waals surface area contributed by atoms with E-state index in [0.29, 0.717) is 143 Å². The number of anilines is 3. The van der Waals surface area contributed by atoms with Gasteiger partial charge in [-0.2, -0.15) is 8.42 Å². The van der Waals surface area contributed by atoms with Crippen LogP contribution in [0.25, 0.3) is 133 Å². The fourth-order valence-corrected chi connectivity index (χ4v) is 20.6. The maximum absolute atomic E-state index is 11.3. The Balaban J connectivity index is 0.000000119. The van der Waals surface area contributed by atoms with Gasteiger partial charge in [-0.05, 0) is 220 Å². The third-order valence-electron chi connectivity index (χ3n) is 27.4. The molecule has 0 radical (unpaired) electrons. The zero-order chi connectivity index (χ0) is 85.7. The van der Waals surface area contributed by atoms with Crippen LogP contribution in [0, 0.1) is 16.2 Å². The second kappa shape index (κ2) is 37.4. The predicted molar refractivity (Wildman–Crippen MR) is 504 cm³/mol. The second-order valence-corrected chi connectivity index (χ2v) is 37.6. The van der Waals surface area contributed by atoms with Gasteiger partial charge >= 0.3 is 0 Å². The van der Waals surface area contributed by atoms with Gasteiger partial charge in [0.05, 0.1) is 62.1 Å². The first kappa shape index (κ1) is 87.9. The number of aromatic nitrogens is 12. The Bertz CT molecular complexity index is 6320. The van der Waals surface area contributed by atoms with E-state index in [1.807, 2.05) is 55.2 Å². The van der Waals surface area contributed by atoms with Crippen molar-refractivity contribution in [2.24, 2.45) is 16.2 Å². The molecule has 31 nitrogen and oxygen atoms in total. The molecule has 9 aliphatic heterocycles. The van der Waals surface area contributed by atoms with Crippen LogP contribution in [0.4, 0.5) is 17.5 Å². The van der Waals surface area contributed by atoms with Crippen LogP contribution in [0.3, 0.4) is 0 Å². The van der Waals surface area contributed by atoms with Crippen LogP contribution in [-0.4, -0.2) is 288 Å². The molecule has 3 aromatic carbocycles. The first-order chi connectivity index (χ1) is 61.4. The number of nitrogens with one attached hydrogen (secondary N) is 4. The summed E-state index contributed by atoms with van der Waals surface area (Å²) in [5.41, 5.74) is 16.7. The van der Waals surface area contributed by atoms with Crippen LogP contribution < -0.4 is 20.0 Å². The minimum Gasteiger partial charge on any atom is -0.432 e. The number of carbonyl (C=O) groups is 1. The van der Waals surface area contributed by atoms with Crippen molar-refractivity contribution in [1.82, 2.24) is 89.6 Å². The van der Waals surface area contributed by atoms with Gasteiger partial charge in [-0.25, -0.2) is 44.9 Å². The fraction of sp³-hybridized carbons (Fsp3) is 0.453. The van der Waals surface area contributed by atoms with Gasteiger partial charge in [-0.3, -0.25) is 19.1 Å². The molecule has 672 valence electrons. The number of H-pyrrole nitrogens is 3. The number of rotatable bonds is 11. The third-order valence-corrected chi connectivity index (χ3v) is 27.4. The molecule has 9 saturated heterocycles. The zero-order valence-corrected chi connectivity index (χ0v) is 74.1. The first-order valence-electron chi connectivity index (χ1n) is 44.5. The van der Waals surface area contributed by atoms with Crippen molar-refractivity contribution in [3.8, 4) is 34.2 Å². The standard InChI is InChI=1S/2C31H35N7O2.C22H17N5O3.C9H18N2.CH4O3S.CH4.ClH/c2*1-36-10-6-31(20-36)7-11-37(12-8-31)19-21-17-24-26-27(40-30(24)33-18-21)29(38-13-15-39-16-14-38)35-28(34-26)23-3-2-4-25-22(23)5-9-32-25;28-12-13-10-16-18-19(30-22(16)24-11-13)21(27-6-8-29-9-7-27)26-20(25-18)15-2-1-3-17-14(15)4-5-23-17;1-11-7-4-9(8-11)2-5-10-6-3-9;1-5(2,3)4;;/h2*2-5,9,17-18,32H,6-8,10-16,19-20H2,1H3;1-5,10-12,23H,6-9H2;10H,2-8H2,1H3;1H3,(H,2,3,4);1H4;1H. The molecule has 24 rings (SSSR count). The molecule has 0 unspecified atom stereocenters. The summed E-state index contributed by atoms with van der Waals surface area (Å²) in [6.45, 7) is 24.9. The van der Waals surface area contributed by atoms with Gasteiger partial charge in [0.2, 0.25) is 17.1 Å². The molecule has 0 saturated carbocycles. The molecule has 0 aliphatic carbocycles. The van der Waals surface area contributed by atoms with Crippen molar-refractivity contribution in [2.45, 2.75) is 78.3 Å². The van der Waals surface area contributed by atoms with E-state index in [-0.39, 0.29) is 19.8 Å². The Labute approximate surface area is 749 Å². The van der Waals surface area contributed by atoms with Gasteiger partial charge in [-0.1, -0.05) is 43.8 Å². The van der Waals surface area contributed by atoms with Crippen molar-refractivity contribution in [2.75, 3.05) is 200 Å². The van der Waals surface area contributed by atoms with Crippen molar-refractivity contribution in [3.63, 3.8) is 0 Å². The Kier molecular flexibility index (Phi) is 25.7. The molecule has 33 heteroatoms. The lowest BCUT2D eigenvalue weighted by Crippen LogP contribution is -2.40. The SMILES string of the molecule is C.CN1CCC2(CCN(Cc3cnc4oc5c(N6CCOCC6)nc(-c6cccc7[nH]ccc67)nc5c4c3)CC2)C1.CN1CCC2(CCN(Cc3cnc4oc5c(N6CCOCC6)nc(-c6cccc7[nH]ccc67)nc5c4c3)CC2)C1.CN1CCC2(CCNCC2)C1.CS(=O)(=O)O.Cl.O=Cc1cnc2oc3c(N4CCOCC4)nc(-c4cccc5[nH]ccc45)nc3c2c1. The number of fused-ring (bicyclic) bond motifs is 12. The Morgan fingerprint density at radius 2 is 0.742 bits per heavy atom. The second-order valence-electron chi connectivity index (χ2n) is 36.1. The summed E-state index contributed by atoms with van der Waals surface area (Å²) in [7, 11) is 3.10. The van der Waals surface area contributed by atoms with Crippen LogP contribution in [0.5, 0.6) is 0 Å². The molecule has 128 heavy (non-hydrogen) atoms. The number of benzene rings is 3. The van der Waals surface area contributed by atoms with Crippen molar-refractivity contribution >= 4 is 146 Å². The third kappa shape index (κ3) is 18.5. The number of furan rings is 3. The summed E-state index contributed by atoms with van der Waals surface area (Å²) >= 11 is 0. The van der Waals surface area contributed by atoms with Gasteiger partial charge < -0.3 is 77.1 Å². The summed E-state index contributed by atoms with van der Waals surface area (Å²) in [4.78, 5) is 84.5. The molecular weight excluding hydrogens is 1660 g/mol. The van der Waals surface area contributed by atoms with Crippen LogP contribution in [0.1, 0.15) is 86.7 Å². The molecule has 5 N–H and O–H groups in total. The minimum atomic E-state index is -3.67. The highest BCUT2D eigenvalue weighted by Crippen LogP contribution is 2.46. The summed E-state index contributed by atoms with van der Waals surface area (Å²) in [6, 6.07) is 30.9. The molecule has 12 aromatic heterocycles. The summed E-state index contributed by atoms with van der Waals surface area (Å²) in [5.74, 6) is 4.37. The molecule has 9 aliphatic rings. The number of aromatic amines is 3. The van der Waals surface area contributed by atoms with Gasteiger partial charge in [0.15, 0.2) is 58.0 Å². The molecule has 15 aromatic rings. The number of nitrogens with zero attached hydrogens (tertiary/aromatic N) is 17. The average Bonchev–Trinajstić information content (AvgIpc) is 1.59. The van der Waals surface area contributed by atoms with Crippen molar-refractivity contribution in [1.29, 1.82) is 0 Å². The van der Waals surface area contributed by atoms with Gasteiger partial charge in [-0.15, -0.1) is 12.4 Å². The lowest BCUT2D eigenvalue weighted by molar-refractivity contribution is 0.105. The monoisotopic (exact) mass is 1780 g/mol. The molecule has 0 amide bonds. The van der Waals surface area contributed by atoms with Gasteiger partial charge in [0, 0.05) is 164 Å². The highest BCUT2D eigenvalue weighted by Gasteiger charge is 2.42. The van der Waals surface area contributed by atoms with Crippen molar-refractivity contribution < 1.29 is 45.2 Å². The summed E-state index contributed by atoms with van der Waals surface area (Å²) in [5, 5.41) is 9.31. The van der Waals surface area contributed by atoms with E-state index in [9.17, 15) is 13.2 Å².